The number of phenols is 1. The van der Waals surface area contributed by atoms with Gasteiger partial charge in [0.05, 0.1) is 37.4 Å². The zero-order chi connectivity index (χ0) is 30.1. The summed E-state index contributed by atoms with van der Waals surface area (Å²) in [6, 6.07) is 9.52. The van der Waals surface area contributed by atoms with Gasteiger partial charge in [-0.15, -0.1) is 0 Å². The molecule has 2 aromatic rings. The molecule has 2 N–H and O–H groups in total. The Balaban J connectivity index is 1.49. The first-order chi connectivity index (χ1) is 20.1. The Morgan fingerprint density at radius 1 is 1.17 bits per heavy atom. The summed E-state index contributed by atoms with van der Waals surface area (Å²) in [5.41, 5.74) is 5.89. The van der Waals surface area contributed by atoms with Gasteiger partial charge in [-0.1, -0.05) is 6.07 Å². The molecule has 3 heterocycles. The molecule has 4 atom stereocenters. The van der Waals surface area contributed by atoms with Gasteiger partial charge < -0.3 is 24.3 Å². The van der Waals surface area contributed by atoms with Crippen LogP contribution in [0.4, 0.5) is 4.79 Å². The summed E-state index contributed by atoms with van der Waals surface area (Å²) in [5.74, 6) is -2.93. The van der Waals surface area contributed by atoms with Gasteiger partial charge >= 0.3 is 13.2 Å². The Kier molecular flexibility index (Phi) is 8.63. The number of rotatable bonds is 7. The Morgan fingerprint density at radius 2 is 1.90 bits per heavy atom. The van der Waals surface area contributed by atoms with Crippen LogP contribution in [-0.4, -0.2) is 72.0 Å². The minimum atomic E-state index is -1.15. The van der Waals surface area contributed by atoms with E-state index in [4.69, 9.17) is 14.1 Å². The molecule has 2 fully saturated rings. The lowest BCUT2D eigenvalue weighted by Gasteiger charge is -2.43. The van der Waals surface area contributed by atoms with E-state index in [1.807, 2.05) is 50.3 Å². The number of ether oxygens (including phenoxy) is 2. The average molecular weight is 574 g/mol. The molecule has 5 rings (SSSR count). The van der Waals surface area contributed by atoms with Crippen molar-refractivity contribution in [2.75, 3.05) is 20.8 Å². The maximum atomic E-state index is 13.4. The number of carbonyl (C=O) groups is 3. The molecule has 220 valence electrons. The van der Waals surface area contributed by atoms with Crippen LogP contribution in [0.3, 0.4) is 0 Å². The van der Waals surface area contributed by atoms with Crippen molar-refractivity contribution in [3.8, 4) is 5.75 Å². The van der Waals surface area contributed by atoms with Crippen LogP contribution in [0.2, 0.25) is 6.32 Å². The SMILES string of the molecule is COCC1=C2[C@@H](CC/C(=C/c3cc(C)c(O)c(C)c3)c3ccccn3)OB(O)C[C@@H]2[C@@H]2C(=O)N(C(=O)OC)C(=O)[C@@H]2C1. The van der Waals surface area contributed by atoms with Gasteiger partial charge in [-0.05, 0) is 109 Å². The minimum absolute atomic E-state index is 0.128. The van der Waals surface area contributed by atoms with Crippen LogP contribution in [0.15, 0.2) is 47.7 Å². The molecule has 2 saturated heterocycles. The molecule has 2 aliphatic heterocycles. The number of fused-ring (bicyclic) bond motifs is 3. The Bertz CT molecular complexity index is 1430. The predicted molar refractivity (Wildman–Crippen MR) is 155 cm³/mol. The number of allylic oxidation sites excluding steroid dienone is 1. The topological polar surface area (TPSA) is 135 Å². The standard InChI is InChI=1S/C31H35BN2O8/c1-17-11-19(12-18(2)28(17)35)13-20(24-7-5-6-10-33-24)8-9-25-26-21(16-40-3)14-22-27(23(26)15-32(39)42-25)30(37)34(29(22)36)31(38)41-4/h5-7,10-13,22-23,25,27,35,39H,8-9,14-16H2,1-4H3/b20-13-/t22-,23+,25-,27-/m1/s1. The number of carbonyl (C=O) groups excluding carboxylic acids is 3. The lowest BCUT2D eigenvalue weighted by atomic mass is 9.58. The number of aryl methyl sites for hydroxylation is 2. The highest BCUT2D eigenvalue weighted by atomic mass is 16.5. The van der Waals surface area contributed by atoms with Crippen molar-refractivity contribution in [3.63, 3.8) is 0 Å². The van der Waals surface area contributed by atoms with E-state index >= 15 is 0 Å². The quantitative estimate of drug-likeness (QED) is 0.286. The predicted octanol–water partition coefficient (Wildman–Crippen LogP) is 3.93. The lowest BCUT2D eigenvalue weighted by molar-refractivity contribution is -0.137. The van der Waals surface area contributed by atoms with Gasteiger partial charge in [0, 0.05) is 13.3 Å². The van der Waals surface area contributed by atoms with Gasteiger partial charge in [-0.2, -0.15) is 4.90 Å². The fourth-order valence-corrected chi connectivity index (χ4v) is 6.73. The second kappa shape index (κ2) is 12.2. The van der Waals surface area contributed by atoms with E-state index in [1.54, 1.807) is 13.3 Å². The van der Waals surface area contributed by atoms with Crippen molar-refractivity contribution in [2.24, 2.45) is 17.8 Å². The summed E-state index contributed by atoms with van der Waals surface area (Å²) in [6.07, 6.45) is 3.60. The molecule has 1 aromatic carbocycles. The van der Waals surface area contributed by atoms with Gasteiger partial charge in [-0.25, -0.2) is 4.79 Å². The molecule has 11 heteroatoms. The van der Waals surface area contributed by atoms with E-state index in [2.05, 4.69) is 4.98 Å². The number of nitrogens with zero attached hydrogens (tertiary/aromatic N) is 2. The van der Waals surface area contributed by atoms with E-state index in [9.17, 15) is 24.5 Å². The smallest absolute Gasteiger partial charge is 0.455 e. The number of likely N-dealkylation sites (tertiary alicyclic amines) is 1. The van der Waals surface area contributed by atoms with Gasteiger partial charge in [0.15, 0.2) is 0 Å². The third-order valence-corrected chi connectivity index (χ3v) is 8.51. The second-order valence-corrected chi connectivity index (χ2v) is 11.2. The van der Waals surface area contributed by atoms with E-state index in [-0.39, 0.29) is 25.1 Å². The number of hydrogen-bond donors (Lipinski definition) is 2. The Labute approximate surface area is 245 Å². The number of hydrogen-bond acceptors (Lipinski definition) is 9. The fourth-order valence-electron chi connectivity index (χ4n) is 6.73. The van der Waals surface area contributed by atoms with Crippen molar-refractivity contribution in [1.29, 1.82) is 0 Å². The molecule has 1 aliphatic carbocycles. The van der Waals surface area contributed by atoms with Crippen molar-refractivity contribution >= 4 is 36.7 Å². The number of phenolic OH excluding ortho intramolecular Hbond substituents is 1. The van der Waals surface area contributed by atoms with Crippen molar-refractivity contribution in [3.05, 3.63) is 70.1 Å². The summed E-state index contributed by atoms with van der Waals surface area (Å²) in [5, 5.41) is 21.1. The number of methoxy groups -OCH3 is 2. The average Bonchev–Trinajstić information content (AvgIpc) is 3.22. The molecule has 3 aliphatic rings. The summed E-state index contributed by atoms with van der Waals surface area (Å²) < 4.78 is 16.3. The number of benzene rings is 1. The number of aromatic nitrogens is 1. The van der Waals surface area contributed by atoms with Crippen LogP contribution in [0, 0.1) is 31.6 Å². The Morgan fingerprint density at radius 3 is 2.55 bits per heavy atom. The molecule has 0 radical (unpaired) electrons. The number of aromatic hydroxyl groups is 1. The van der Waals surface area contributed by atoms with Gasteiger partial charge in [-0.3, -0.25) is 14.6 Å². The van der Waals surface area contributed by atoms with Crippen LogP contribution < -0.4 is 0 Å². The highest BCUT2D eigenvalue weighted by Crippen LogP contribution is 2.51. The molecule has 0 bridgehead atoms. The lowest BCUT2D eigenvalue weighted by Crippen LogP contribution is -2.46. The zero-order valence-corrected chi connectivity index (χ0v) is 24.2. The molecule has 3 amide bonds. The zero-order valence-electron chi connectivity index (χ0n) is 24.2. The number of amides is 3. The first kappa shape index (κ1) is 29.7. The van der Waals surface area contributed by atoms with Crippen LogP contribution in [0.25, 0.3) is 11.6 Å². The van der Waals surface area contributed by atoms with Crippen LogP contribution in [0.5, 0.6) is 5.75 Å². The highest BCUT2D eigenvalue weighted by Gasteiger charge is 2.59. The van der Waals surface area contributed by atoms with Crippen molar-refractivity contribution in [2.45, 2.75) is 45.5 Å². The van der Waals surface area contributed by atoms with E-state index in [0.717, 1.165) is 46.2 Å². The molecular formula is C31H35BN2O8. The van der Waals surface area contributed by atoms with Gasteiger partial charge in [0.2, 0.25) is 11.8 Å². The molecule has 0 spiro atoms. The van der Waals surface area contributed by atoms with Gasteiger partial charge in [0.25, 0.3) is 0 Å². The van der Waals surface area contributed by atoms with Crippen molar-refractivity contribution < 1.29 is 38.6 Å². The second-order valence-electron chi connectivity index (χ2n) is 11.2. The molecule has 10 nitrogen and oxygen atoms in total. The maximum absolute atomic E-state index is 13.4. The summed E-state index contributed by atoms with van der Waals surface area (Å²) >= 11 is 0. The number of pyridine rings is 1. The molecular weight excluding hydrogens is 539 g/mol. The van der Waals surface area contributed by atoms with E-state index < -0.39 is 48.9 Å². The molecule has 42 heavy (non-hydrogen) atoms. The monoisotopic (exact) mass is 574 g/mol. The highest BCUT2D eigenvalue weighted by molar-refractivity contribution is 6.43. The fraction of sp³-hybridized carbons (Fsp3) is 0.419. The first-order valence-electron chi connectivity index (χ1n) is 14.1. The third-order valence-electron chi connectivity index (χ3n) is 8.51. The van der Waals surface area contributed by atoms with E-state index in [0.29, 0.717) is 17.7 Å². The van der Waals surface area contributed by atoms with Crippen LogP contribution in [-0.2, 0) is 23.7 Å². The largest absolute Gasteiger partial charge is 0.507 e. The molecule has 0 unspecified atom stereocenters. The Hall–Kier alpha value is -3.80. The van der Waals surface area contributed by atoms with Crippen LogP contribution >= 0.6 is 0 Å². The van der Waals surface area contributed by atoms with Crippen molar-refractivity contribution in [1.82, 2.24) is 9.88 Å². The third kappa shape index (κ3) is 5.51. The normalized spacial score (nSPS) is 24.2. The maximum Gasteiger partial charge on any atom is 0.455 e. The summed E-state index contributed by atoms with van der Waals surface area (Å²) in [6.45, 7) is 3.95. The number of imide groups is 3. The first-order valence-corrected chi connectivity index (χ1v) is 14.1. The minimum Gasteiger partial charge on any atom is -0.507 e. The summed E-state index contributed by atoms with van der Waals surface area (Å²) in [7, 11) is 1.55. The summed E-state index contributed by atoms with van der Waals surface area (Å²) in [4.78, 5) is 44.1. The molecule has 0 saturated carbocycles. The van der Waals surface area contributed by atoms with E-state index in [1.165, 1.54) is 0 Å². The van der Waals surface area contributed by atoms with Gasteiger partial charge in [0.1, 0.15) is 5.75 Å². The van der Waals surface area contributed by atoms with Crippen LogP contribution in [0.1, 0.15) is 41.6 Å². The molecule has 1 aromatic heterocycles.